The zero-order valence-corrected chi connectivity index (χ0v) is 10.7. The number of aliphatic hydroxyl groups excluding tert-OH is 1. The zero-order chi connectivity index (χ0) is 14.3. The summed E-state index contributed by atoms with van der Waals surface area (Å²) in [6.45, 7) is 4.56. The Morgan fingerprint density at radius 3 is 2.55 bits per heavy atom. The fourth-order valence-electron chi connectivity index (χ4n) is 2.63. The number of aromatic nitrogens is 2. The van der Waals surface area contributed by atoms with Crippen LogP contribution in [0.5, 0.6) is 0 Å². The van der Waals surface area contributed by atoms with Gasteiger partial charge >= 0.3 is 6.18 Å². The summed E-state index contributed by atoms with van der Waals surface area (Å²) in [7, 11) is 0. The average molecular weight is 292 g/mol. The maximum absolute atomic E-state index is 12.3. The van der Waals surface area contributed by atoms with E-state index in [-0.39, 0.29) is 11.9 Å². The zero-order valence-electron chi connectivity index (χ0n) is 10.7. The molecule has 1 N–H and O–H groups in total. The highest BCUT2D eigenvalue weighted by Crippen LogP contribution is 2.28. The van der Waals surface area contributed by atoms with Crippen molar-refractivity contribution < 1.29 is 22.8 Å². The summed E-state index contributed by atoms with van der Waals surface area (Å²) in [6, 6.07) is -0.0296. The Hall–Kier alpha value is -1.19. The number of hydrogen-bond donors (Lipinski definition) is 1. The van der Waals surface area contributed by atoms with E-state index in [1.807, 2.05) is 0 Å². The van der Waals surface area contributed by atoms with Gasteiger partial charge in [-0.25, -0.2) is 0 Å². The molecule has 0 aliphatic carbocycles. The lowest BCUT2D eigenvalue weighted by molar-refractivity contribution is -0.204. The van der Waals surface area contributed by atoms with Crippen LogP contribution in [-0.4, -0.2) is 70.1 Å². The molecule has 0 radical (unpaired) electrons. The topological polar surface area (TPSA) is 65.6 Å². The molecule has 4 rings (SSSR count). The lowest BCUT2D eigenvalue weighted by Crippen LogP contribution is -2.57. The lowest BCUT2D eigenvalue weighted by atomic mass is 10.1. The van der Waals surface area contributed by atoms with E-state index < -0.39 is 18.7 Å². The molecule has 0 spiro atoms. The van der Waals surface area contributed by atoms with Crippen molar-refractivity contribution in [2.45, 2.75) is 24.7 Å². The molecule has 4 heterocycles. The molecule has 0 amide bonds. The highest BCUT2D eigenvalue weighted by atomic mass is 19.4. The van der Waals surface area contributed by atoms with Gasteiger partial charge in [0.15, 0.2) is 11.9 Å². The van der Waals surface area contributed by atoms with Crippen LogP contribution in [0.15, 0.2) is 4.52 Å². The third-order valence-electron chi connectivity index (χ3n) is 3.81. The molecular weight excluding hydrogens is 277 g/mol. The fraction of sp³-hybridized carbons (Fsp3) is 0.818. The van der Waals surface area contributed by atoms with Gasteiger partial charge in [-0.05, 0) is 0 Å². The van der Waals surface area contributed by atoms with Gasteiger partial charge < -0.3 is 9.63 Å². The summed E-state index contributed by atoms with van der Waals surface area (Å²) < 4.78 is 41.6. The van der Waals surface area contributed by atoms with Crippen molar-refractivity contribution in [3.8, 4) is 0 Å². The molecule has 2 bridgehead atoms. The molecule has 1 aromatic rings. The molecule has 112 valence electrons. The van der Waals surface area contributed by atoms with Gasteiger partial charge in [-0.15, -0.1) is 0 Å². The third kappa shape index (κ3) is 2.65. The molecule has 3 aliphatic heterocycles. The second-order valence-corrected chi connectivity index (χ2v) is 5.16. The monoisotopic (exact) mass is 292 g/mol. The number of nitrogens with zero attached hydrogens (tertiary/aromatic N) is 4. The Morgan fingerprint density at radius 1 is 1.30 bits per heavy atom. The van der Waals surface area contributed by atoms with Gasteiger partial charge in [-0.3, -0.25) is 9.80 Å². The predicted octanol–water partition coefficient (Wildman–Crippen LogP) is 0.208. The summed E-state index contributed by atoms with van der Waals surface area (Å²) in [4.78, 5) is 8.47. The SMILES string of the molecule is OC(Cc1nc(C2CN3CCN2CC3)no1)C(F)(F)F. The van der Waals surface area contributed by atoms with Gasteiger partial charge in [0.05, 0.1) is 12.5 Å². The third-order valence-corrected chi connectivity index (χ3v) is 3.81. The largest absolute Gasteiger partial charge is 0.414 e. The predicted molar refractivity (Wildman–Crippen MR) is 60.8 cm³/mol. The van der Waals surface area contributed by atoms with E-state index >= 15 is 0 Å². The molecule has 2 atom stereocenters. The average Bonchev–Trinajstić information content (AvgIpc) is 2.87. The molecule has 2 unspecified atom stereocenters. The second kappa shape index (κ2) is 4.97. The number of piperazine rings is 3. The fourth-order valence-corrected chi connectivity index (χ4v) is 2.63. The Kier molecular flexibility index (Phi) is 3.43. The smallest absolute Gasteiger partial charge is 0.383 e. The van der Waals surface area contributed by atoms with Crippen molar-refractivity contribution in [3.63, 3.8) is 0 Å². The molecular formula is C11H15F3N4O2. The molecule has 0 aromatic carbocycles. The van der Waals surface area contributed by atoms with Crippen LogP contribution in [0, 0.1) is 0 Å². The van der Waals surface area contributed by atoms with E-state index in [4.69, 9.17) is 9.63 Å². The van der Waals surface area contributed by atoms with Gasteiger partial charge in [-0.2, -0.15) is 18.2 Å². The molecule has 6 nitrogen and oxygen atoms in total. The number of aliphatic hydroxyl groups is 1. The molecule has 1 aromatic heterocycles. The van der Waals surface area contributed by atoms with Crippen LogP contribution < -0.4 is 0 Å². The summed E-state index contributed by atoms with van der Waals surface area (Å²) in [6.07, 6.45) is -7.84. The van der Waals surface area contributed by atoms with E-state index in [0.717, 1.165) is 32.7 Å². The van der Waals surface area contributed by atoms with Crippen molar-refractivity contribution in [2.24, 2.45) is 0 Å². The van der Waals surface area contributed by atoms with Crippen LogP contribution in [0.4, 0.5) is 13.2 Å². The number of fused-ring (bicyclic) bond motifs is 3. The van der Waals surface area contributed by atoms with Crippen LogP contribution >= 0.6 is 0 Å². The number of halogens is 3. The van der Waals surface area contributed by atoms with Gasteiger partial charge in [-0.1, -0.05) is 5.16 Å². The van der Waals surface area contributed by atoms with E-state index in [0.29, 0.717) is 5.82 Å². The quantitative estimate of drug-likeness (QED) is 0.859. The molecule has 3 aliphatic rings. The summed E-state index contributed by atoms with van der Waals surface area (Å²) >= 11 is 0. The van der Waals surface area contributed by atoms with E-state index in [2.05, 4.69) is 19.9 Å². The Balaban J connectivity index is 1.68. The van der Waals surface area contributed by atoms with Gasteiger partial charge in [0.1, 0.15) is 0 Å². The minimum atomic E-state index is -4.67. The maximum atomic E-state index is 12.3. The summed E-state index contributed by atoms with van der Waals surface area (Å²) in [5.74, 6) is 0.223. The molecule has 20 heavy (non-hydrogen) atoms. The molecule has 3 fully saturated rings. The second-order valence-electron chi connectivity index (χ2n) is 5.16. The van der Waals surface area contributed by atoms with Gasteiger partial charge in [0.2, 0.25) is 5.89 Å². The first-order valence-corrected chi connectivity index (χ1v) is 6.47. The van der Waals surface area contributed by atoms with Crippen LogP contribution in [-0.2, 0) is 6.42 Å². The van der Waals surface area contributed by atoms with Crippen molar-refractivity contribution in [3.05, 3.63) is 11.7 Å². The molecule has 3 saturated heterocycles. The first-order chi connectivity index (χ1) is 9.43. The minimum Gasteiger partial charge on any atom is -0.383 e. The molecule has 0 saturated carbocycles. The van der Waals surface area contributed by atoms with E-state index in [1.165, 1.54) is 0 Å². The Bertz CT molecular complexity index is 470. The Morgan fingerprint density at radius 2 is 2.00 bits per heavy atom. The first-order valence-electron chi connectivity index (χ1n) is 6.47. The van der Waals surface area contributed by atoms with E-state index in [1.54, 1.807) is 0 Å². The van der Waals surface area contributed by atoms with Gasteiger partial charge in [0, 0.05) is 32.7 Å². The molecule has 9 heteroatoms. The van der Waals surface area contributed by atoms with Gasteiger partial charge in [0.25, 0.3) is 0 Å². The van der Waals surface area contributed by atoms with Crippen LogP contribution in [0.25, 0.3) is 0 Å². The lowest BCUT2D eigenvalue weighted by Gasteiger charge is -2.46. The van der Waals surface area contributed by atoms with E-state index in [9.17, 15) is 13.2 Å². The Labute approximate surface area is 113 Å². The van der Waals surface area contributed by atoms with Crippen molar-refractivity contribution in [2.75, 3.05) is 32.7 Å². The minimum absolute atomic E-state index is 0.0296. The van der Waals surface area contributed by atoms with Crippen LogP contribution in [0.3, 0.4) is 0 Å². The summed E-state index contributed by atoms with van der Waals surface area (Å²) in [5.41, 5.74) is 0. The highest BCUT2D eigenvalue weighted by Gasteiger charge is 2.40. The van der Waals surface area contributed by atoms with Crippen molar-refractivity contribution in [1.29, 1.82) is 0 Å². The number of alkyl halides is 3. The first kappa shape index (κ1) is 13.8. The van der Waals surface area contributed by atoms with Crippen molar-refractivity contribution in [1.82, 2.24) is 19.9 Å². The summed E-state index contributed by atoms with van der Waals surface area (Å²) in [5, 5.41) is 12.8. The highest BCUT2D eigenvalue weighted by molar-refractivity contribution is 5.02. The van der Waals surface area contributed by atoms with Crippen LogP contribution in [0.2, 0.25) is 0 Å². The number of hydrogen-bond acceptors (Lipinski definition) is 6. The number of rotatable bonds is 3. The maximum Gasteiger partial charge on any atom is 0.414 e. The standard InChI is InChI=1S/C11H15F3N4O2/c12-11(13,14)8(19)5-9-15-10(16-20-9)7-6-17-1-3-18(7)4-2-17/h7-8,19H,1-6H2. The van der Waals surface area contributed by atoms with Crippen molar-refractivity contribution >= 4 is 0 Å². The van der Waals surface area contributed by atoms with Crippen LogP contribution in [0.1, 0.15) is 17.8 Å². The normalized spacial score (nSPS) is 31.5.